The summed E-state index contributed by atoms with van der Waals surface area (Å²) in [6, 6.07) is 53.3. The van der Waals surface area contributed by atoms with Gasteiger partial charge in [-0.15, -0.1) is 0 Å². The van der Waals surface area contributed by atoms with Crippen LogP contribution in [0.5, 0.6) is 0 Å². The first-order chi connectivity index (χ1) is 17.3. The van der Waals surface area contributed by atoms with Gasteiger partial charge in [0.1, 0.15) is 0 Å². The molecule has 5 aromatic rings. The molecule has 5 rings (SSSR count). The summed E-state index contributed by atoms with van der Waals surface area (Å²) in [5.41, 5.74) is 2.64. The molecule has 0 unspecified atom stereocenters. The van der Waals surface area contributed by atoms with Crippen LogP contribution < -0.4 is 25.7 Å². The number of rotatable bonds is 8. The number of aryl methyl sites for hydroxylation is 1. The Morgan fingerprint density at radius 2 is 0.829 bits per heavy atom. The average molecular weight is 490 g/mol. The van der Waals surface area contributed by atoms with Crippen LogP contribution in [0.1, 0.15) is 12.5 Å². The molecule has 1 nitrogen and oxygen atoms in total. The lowest BCUT2D eigenvalue weighted by Crippen LogP contribution is -2.31. The summed E-state index contributed by atoms with van der Waals surface area (Å²) in [7, 11) is -1.66. The topological polar surface area (TPSA) is 3.24 Å². The highest BCUT2D eigenvalue weighted by Crippen LogP contribution is 2.57. The summed E-state index contributed by atoms with van der Waals surface area (Å²) in [6.45, 7) is 2.23. The summed E-state index contributed by atoms with van der Waals surface area (Å²) in [4.78, 5) is 0. The van der Waals surface area contributed by atoms with Crippen molar-refractivity contribution in [1.29, 1.82) is 0 Å². The molecule has 0 heterocycles. The maximum absolute atomic E-state index is 2.74. The molecule has 0 bridgehead atoms. The first-order valence-corrected chi connectivity index (χ1v) is 14.6. The summed E-state index contributed by atoms with van der Waals surface area (Å²) in [5, 5.41) is 5.43. The Hall–Kier alpha value is -3.24. The predicted octanol–water partition coefficient (Wildman–Crippen LogP) is 7.15. The van der Waals surface area contributed by atoms with Crippen molar-refractivity contribution in [3.05, 3.63) is 151 Å². The zero-order valence-corrected chi connectivity index (χ0v) is 21.7. The second-order valence-electron chi connectivity index (χ2n) is 8.28. The number of benzene rings is 5. The molecule has 35 heavy (non-hydrogen) atoms. The number of hydrogen-bond acceptors (Lipinski definition) is 1. The Bertz CT molecular complexity index is 1160. The third-order valence-electron chi connectivity index (χ3n) is 5.93. The third-order valence-corrected chi connectivity index (χ3v) is 11.4. The van der Waals surface area contributed by atoms with Gasteiger partial charge in [-0.25, -0.2) is 0 Å². The summed E-state index contributed by atoms with van der Waals surface area (Å²) < 4.78 is 2.74. The van der Waals surface area contributed by atoms with Gasteiger partial charge in [0.05, 0.1) is 16.1 Å². The minimum absolute atomic E-state index is 0.832. The smallest absolute Gasteiger partial charge is 0.0590 e. The monoisotopic (exact) mass is 489 g/mol. The second-order valence-corrected chi connectivity index (χ2v) is 12.7. The van der Waals surface area contributed by atoms with Crippen molar-refractivity contribution in [3.63, 3.8) is 0 Å². The molecule has 0 aliphatic carbocycles. The fourth-order valence-corrected chi connectivity index (χ4v) is 10.2. The van der Waals surface area contributed by atoms with E-state index in [1.54, 1.807) is 0 Å². The highest BCUT2D eigenvalue weighted by atomic mass is 31.2. The predicted molar refractivity (Wildman–Crippen MR) is 156 cm³/mol. The quantitative estimate of drug-likeness (QED) is 0.209. The summed E-state index contributed by atoms with van der Waals surface area (Å²) in [5.74, 6) is 0. The van der Waals surface area contributed by atoms with Crippen LogP contribution in [-0.4, -0.2) is 0 Å². The van der Waals surface area contributed by atoms with Crippen LogP contribution >= 0.6 is 16.1 Å². The number of anilines is 1. The van der Waals surface area contributed by atoms with Crippen molar-refractivity contribution in [2.24, 2.45) is 0 Å². The lowest BCUT2D eigenvalue weighted by Gasteiger charge is -2.41. The standard InChI is InChI=1S/C32H29NP2/c1-2-27-16-15-17-28(26-27)33(34(29-18-7-3-8-19-29)30-20-9-4-10-21-30)35(31-22-11-5-12-23-31)32-24-13-6-14-25-32/h3-26H,2H2,1H3. The van der Waals surface area contributed by atoms with Gasteiger partial charge in [-0.05, 0) is 24.1 Å². The van der Waals surface area contributed by atoms with E-state index in [1.807, 2.05) is 0 Å². The Labute approximate surface area is 211 Å². The SMILES string of the molecule is CCc1cccc(N(P(c2ccccc2)c2ccccc2)P(c2ccccc2)c2ccccc2)c1. The molecule has 0 aliphatic heterocycles. The molecule has 0 radical (unpaired) electrons. The molecule has 0 atom stereocenters. The van der Waals surface area contributed by atoms with Crippen LogP contribution in [0.3, 0.4) is 0 Å². The first kappa shape index (κ1) is 23.5. The highest BCUT2D eigenvalue weighted by Gasteiger charge is 2.32. The maximum Gasteiger partial charge on any atom is 0.0590 e. The van der Waals surface area contributed by atoms with E-state index in [2.05, 4.69) is 157 Å². The van der Waals surface area contributed by atoms with Crippen molar-refractivity contribution in [1.82, 2.24) is 0 Å². The van der Waals surface area contributed by atoms with E-state index >= 15 is 0 Å². The molecule has 5 aromatic carbocycles. The van der Waals surface area contributed by atoms with Crippen LogP contribution in [-0.2, 0) is 6.42 Å². The lowest BCUT2D eigenvalue weighted by atomic mass is 10.1. The molecule has 0 fully saturated rings. The molecule has 3 heteroatoms. The van der Waals surface area contributed by atoms with Gasteiger partial charge in [-0.2, -0.15) is 0 Å². The molecule has 0 aliphatic rings. The largest absolute Gasteiger partial charge is 0.313 e. The summed E-state index contributed by atoms with van der Waals surface area (Å²) >= 11 is 0. The minimum atomic E-state index is -0.832. The van der Waals surface area contributed by atoms with E-state index < -0.39 is 16.1 Å². The van der Waals surface area contributed by atoms with Gasteiger partial charge in [0.25, 0.3) is 0 Å². The zero-order chi connectivity index (χ0) is 23.9. The molecule has 172 valence electrons. The second kappa shape index (κ2) is 11.5. The van der Waals surface area contributed by atoms with E-state index in [9.17, 15) is 0 Å². The molecule has 0 amide bonds. The molecule has 0 aromatic heterocycles. The van der Waals surface area contributed by atoms with Gasteiger partial charge in [-0.1, -0.05) is 140 Å². The molecular weight excluding hydrogens is 460 g/mol. The number of nitrogens with zero attached hydrogens (tertiary/aromatic N) is 1. The van der Waals surface area contributed by atoms with E-state index in [0.717, 1.165) is 6.42 Å². The Kier molecular flexibility index (Phi) is 7.69. The number of hydrogen-bond donors (Lipinski definition) is 0. The molecule has 0 N–H and O–H groups in total. The molecule has 0 saturated carbocycles. The highest BCUT2D eigenvalue weighted by molar-refractivity contribution is 7.90. The van der Waals surface area contributed by atoms with Gasteiger partial charge in [0.15, 0.2) is 0 Å². The van der Waals surface area contributed by atoms with E-state index in [0.29, 0.717) is 0 Å². The molecular formula is C32H29NP2. The zero-order valence-electron chi connectivity index (χ0n) is 19.9. The molecule has 0 saturated heterocycles. The van der Waals surface area contributed by atoms with Crippen LogP contribution in [0.4, 0.5) is 5.69 Å². The van der Waals surface area contributed by atoms with Crippen molar-refractivity contribution < 1.29 is 0 Å². The Balaban J connectivity index is 1.80. The van der Waals surface area contributed by atoms with Crippen LogP contribution in [0, 0.1) is 0 Å². The first-order valence-electron chi connectivity index (χ1n) is 12.0. The Morgan fingerprint density at radius 1 is 0.457 bits per heavy atom. The van der Waals surface area contributed by atoms with Crippen molar-refractivity contribution in [2.45, 2.75) is 13.3 Å². The van der Waals surface area contributed by atoms with Gasteiger partial charge < -0.3 is 4.44 Å². The van der Waals surface area contributed by atoms with Crippen molar-refractivity contribution in [3.8, 4) is 0 Å². The van der Waals surface area contributed by atoms with E-state index in [-0.39, 0.29) is 0 Å². The van der Waals surface area contributed by atoms with Gasteiger partial charge >= 0.3 is 0 Å². The Morgan fingerprint density at radius 3 is 1.17 bits per heavy atom. The van der Waals surface area contributed by atoms with Crippen LogP contribution in [0.15, 0.2) is 146 Å². The fourth-order valence-electron chi connectivity index (χ4n) is 4.23. The minimum Gasteiger partial charge on any atom is -0.313 e. The van der Waals surface area contributed by atoms with Gasteiger partial charge in [0, 0.05) is 26.9 Å². The van der Waals surface area contributed by atoms with E-state index in [4.69, 9.17) is 0 Å². The average Bonchev–Trinajstić information content (AvgIpc) is 2.95. The maximum atomic E-state index is 2.74. The van der Waals surface area contributed by atoms with Crippen LogP contribution in [0.25, 0.3) is 0 Å². The summed E-state index contributed by atoms with van der Waals surface area (Å²) in [6.07, 6.45) is 1.02. The van der Waals surface area contributed by atoms with Crippen LogP contribution in [0.2, 0.25) is 0 Å². The van der Waals surface area contributed by atoms with Gasteiger partial charge in [-0.3, -0.25) is 0 Å². The fraction of sp³-hybridized carbons (Fsp3) is 0.0625. The van der Waals surface area contributed by atoms with Crippen molar-refractivity contribution in [2.75, 3.05) is 4.44 Å². The van der Waals surface area contributed by atoms with E-state index in [1.165, 1.54) is 32.5 Å². The van der Waals surface area contributed by atoms with Gasteiger partial charge in [0.2, 0.25) is 0 Å². The lowest BCUT2D eigenvalue weighted by molar-refractivity contribution is 1.14. The third kappa shape index (κ3) is 5.38. The normalized spacial score (nSPS) is 11.1. The van der Waals surface area contributed by atoms with Crippen molar-refractivity contribution >= 4 is 43.1 Å². The molecule has 0 spiro atoms.